The second-order valence-corrected chi connectivity index (χ2v) is 5.23. The highest BCUT2D eigenvalue weighted by Gasteiger charge is 2.27. The average molecular weight is 271 g/mol. The molecule has 0 aliphatic carbocycles. The average Bonchev–Trinajstić information content (AvgIpc) is 3.05. The summed E-state index contributed by atoms with van der Waals surface area (Å²) in [4.78, 5) is 4.43. The van der Waals surface area contributed by atoms with E-state index in [-0.39, 0.29) is 5.54 Å². The number of para-hydroxylation sites is 1. The van der Waals surface area contributed by atoms with E-state index in [1.54, 1.807) is 0 Å². The summed E-state index contributed by atoms with van der Waals surface area (Å²) >= 11 is 0. The number of fused-ring (bicyclic) bond motifs is 1. The van der Waals surface area contributed by atoms with Crippen molar-refractivity contribution >= 4 is 11.0 Å². The van der Waals surface area contributed by atoms with Crippen LogP contribution in [0.2, 0.25) is 0 Å². The molecule has 0 spiro atoms. The lowest BCUT2D eigenvalue weighted by Gasteiger charge is -2.20. The van der Waals surface area contributed by atoms with Gasteiger partial charge in [-0.2, -0.15) is 4.98 Å². The number of benzene rings is 1. The molecule has 20 heavy (non-hydrogen) atoms. The smallest absolute Gasteiger partial charge is 0.246 e. The summed E-state index contributed by atoms with van der Waals surface area (Å²) < 4.78 is 11.1. The number of furan rings is 1. The van der Waals surface area contributed by atoms with Crippen LogP contribution in [0.15, 0.2) is 39.3 Å². The van der Waals surface area contributed by atoms with Crippen molar-refractivity contribution in [2.45, 2.75) is 26.3 Å². The molecule has 3 aromatic rings. The van der Waals surface area contributed by atoms with Crippen LogP contribution in [0, 0.1) is 0 Å². The Morgan fingerprint density at radius 2 is 2.05 bits per heavy atom. The summed E-state index contributed by atoms with van der Waals surface area (Å²) in [6.07, 6.45) is 0. The molecule has 104 valence electrons. The molecule has 0 saturated heterocycles. The summed E-state index contributed by atoms with van der Waals surface area (Å²) in [5.41, 5.74) is 0.464. The third-order valence-corrected chi connectivity index (χ3v) is 3.23. The van der Waals surface area contributed by atoms with E-state index in [0.29, 0.717) is 17.5 Å². The molecule has 0 fully saturated rings. The minimum absolute atomic E-state index is 0.355. The molecule has 0 atom stereocenters. The standard InChI is InChI=1S/C15H17N3O2/c1-4-16-15(2,3)14-17-13(18-20-14)12-9-10-7-5-6-8-11(10)19-12/h5-9,16H,4H2,1-3H3. The molecule has 0 aliphatic heterocycles. The highest BCUT2D eigenvalue weighted by molar-refractivity contribution is 5.81. The van der Waals surface area contributed by atoms with Gasteiger partial charge in [0, 0.05) is 5.39 Å². The van der Waals surface area contributed by atoms with Gasteiger partial charge < -0.3 is 14.3 Å². The van der Waals surface area contributed by atoms with Crippen LogP contribution in [0.25, 0.3) is 22.6 Å². The van der Waals surface area contributed by atoms with Crippen LogP contribution in [-0.4, -0.2) is 16.7 Å². The number of hydrogen-bond donors (Lipinski definition) is 1. The molecule has 0 aliphatic rings. The fraction of sp³-hybridized carbons (Fsp3) is 0.333. The minimum atomic E-state index is -0.355. The maximum absolute atomic E-state index is 5.73. The van der Waals surface area contributed by atoms with Gasteiger partial charge in [-0.3, -0.25) is 0 Å². The van der Waals surface area contributed by atoms with Crippen molar-refractivity contribution in [1.29, 1.82) is 0 Å². The van der Waals surface area contributed by atoms with Gasteiger partial charge in [0.2, 0.25) is 11.7 Å². The molecule has 3 rings (SSSR count). The predicted molar refractivity (Wildman–Crippen MR) is 76.2 cm³/mol. The van der Waals surface area contributed by atoms with E-state index in [4.69, 9.17) is 8.94 Å². The topological polar surface area (TPSA) is 64.1 Å². The molecular weight excluding hydrogens is 254 g/mol. The Hall–Kier alpha value is -2.14. The van der Waals surface area contributed by atoms with Crippen LogP contribution in [0.1, 0.15) is 26.7 Å². The summed E-state index contributed by atoms with van der Waals surface area (Å²) in [6.45, 7) is 6.88. The Balaban J connectivity index is 1.97. The third kappa shape index (κ3) is 2.20. The molecule has 5 heteroatoms. The fourth-order valence-corrected chi connectivity index (χ4v) is 2.19. The molecule has 0 amide bonds. The first kappa shape index (κ1) is 12.9. The van der Waals surface area contributed by atoms with E-state index in [0.717, 1.165) is 17.5 Å². The Kier molecular flexibility index (Phi) is 3.06. The van der Waals surface area contributed by atoms with E-state index in [1.165, 1.54) is 0 Å². The number of rotatable bonds is 4. The predicted octanol–water partition coefficient (Wildman–Crippen LogP) is 3.33. The highest BCUT2D eigenvalue weighted by Crippen LogP contribution is 2.27. The zero-order valence-corrected chi connectivity index (χ0v) is 11.8. The zero-order valence-electron chi connectivity index (χ0n) is 11.8. The van der Waals surface area contributed by atoms with Gasteiger partial charge in [-0.25, -0.2) is 0 Å². The maximum atomic E-state index is 5.73. The second-order valence-electron chi connectivity index (χ2n) is 5.23. The van der Waals surface area contributed by atoms with Crippen molar-refractivity contribution in [1.82, 2.24) is 15.5 Å². The van der Waals surface area contributed by atoms with Crippen molar-refractivity contribution in [3.63, 3.8) is 0 Å². The van der Waals surface area contributed by atoms with E-state index in [1.807, 2.05) is 51.1 Å². The lowest BCUT2D eigenvalue weighted by molar-refractivity contribution is 0.272. The Bertz CT molecular complexity index is 694. The van der Waals surface area contributed by atoms with E-state index in [2.05, 4.69) is 15.5 Å². The minimum Gasteiger partial charge on any atom is -0.453 e. The van der Waals surface area contributed by atoms with Gasteiger partial charge in [-0.15, -0.1) is 0 Å². The van der Waals surface area contributed by atoms with Crippen LogP contribution in [0.4, 0.5) is 0 Å². The Morgan fingerprint density at radius 3 is 2.80 bits per heavy atom. The van der Waals surface area contributed by atoms with Crippen LogP contribution in [0.5, 0.6) is 0 Å². The quantitative estimate of drug-likeness (QED) is 0.788. The molecule has 0 radical (unpaired) electrons. The highest BCUT2D eigenvalue weighted by atomic mass is 16.5. The van der Waals surface area contributed by atoms with Crippen molar-refractivity contribution in [3.8, 4) is 11.6 Å². The van der Waals surface area contributed by atoms with Crippen molar-refractivity contribution in [2.75, 3.05) is 6.54 Å². The first-order valence-electron chi connectivity index (χ1n) is 6.68. The molecule has 0 bridgehead atoms. The monoisotopic (exact) mass is 271 g/mol. The van der Waals surface area contributed by atoms with Crippen LogP contribution >= 0.6 is 0 Å². The molecule has 0 unspecified atom stereocenters. The van der Waals surface area contributed by atoms with Crippen LogP contribution < -0.4 is 5.32 Å². The fourth-order valence-electron chi connectivity index (χ4n) is 2.19. The van der Waals surface area contributed by atoms with Crippen LogP contribution in [-0.2, 0) is 5.54 Å². The largest absolute Gasteiger partial charge is 0.453 e. The number of nitrogens with zero attached hydrogens (tertiary/aromatic N) is 2. The Labute approximate surface area is 117 Å². The normalized spacial score (nSPS) is 12.2. The molecule has 2 aromatic heterocycles. The molecule has 0 saturated carbocycles. The van der Waals surface area contributed by atoms with Gasteiger partial charge in [0.25, 0.3) is 0 Å². The Morgan fingerprint density at radius 1 is 1.25 bits per heavy atom. The molecule has 1 aromatic carbocycles. The zero-order chi connectivity index (χ0) is 14.2. The first-order valence-corrected chi connectivity index (χ1v) is 6.68. The summed E-state index contributed by atoms with van der Waals surface area (Å²) in [7, 11) is 0. The second kappa shape index (κ2) is 4.76. The number of nitrogens with one attached hydrogen (secondary N) is 1. The lowest BCUT2D eigenvalue weighted by Crippen LogP contribution is -2.36. The van der Waals surface area contributed by atoms with Gasteiger partial charge in [-0.05, 0) is 32.5 Å². The van der Waals surface area contributed by atoms with Gasteiger partial charge >= 0.3 is 0 Å². The van der Waals surface area contributed by atoms with Crippen molar-refractivity contribution in [2.24, 2.45) is 0 Å². The molecular formula is C15H17N3O2. The van der Waals surface area contributed by atoms with Crippen molar-refractivity contribution < 1.29 is 8.94 Å². The molecule has 2 heterocycles. The van der Waals surface area contributed by atoms with Gasteiger partial charge in [0.05, 0.1) is 5.54 Å². The van der Waals surface area contributed by atoms with Crippen molar-refractivity contribution in [3.05, 3.63) is 36.2 Å². The summed E-state index contributed by atoms with van der Waals surface area (Å²) in [6, 6.07) is 9.74. The first-order chi connectivity index (χ1) is 9.60. The van der Waals surface area contributed by atoms with E-state index in [9.17, 15) is 0 Å². The van der Waals surface area contributed by atoms with Gasteiger partial charge in [0.1, 0.15) is 5.58 Å². The maximum Gasteiger partial charge on any atom is 0.246 e. The lowest BCUT2D eigenvalue weighted by atomic mass is 10.1. The van der Waals surface area contributed by atoms with E-state index >= 15 is 0 Å². The van der Waals surface area contributed by atoms with Gasteiger partial charge in [0.15, 0.2) is 5.76 Å². The van der Waals surface area contributed by atoms with E-state index < -0.39 is 0 Å². The summed E-state index contributed by atoms with van der Waals surface area (Å²) in [5.74, 6) is 1.64. The summed E-state index contributed by atoms with van der Waals surface area (Å²) in [5, 5.41) is 8.34. The van der Waals surface area contributed by atoms with Crippen LogP contribution in [0.3, 0.4) is 0 Å². The third-order valence-electron chi connectivity index (χ3n) is 3.23. The molecule has 1 N–H and O–H groups in total. The van der Waals surface area contributed by atoms with Gasteiger partial charge in [-0.1, -0.05) is 30.3 Å². The number of aromatic nitrogens is 2. The number of hydrogen-bond acceptors (Lipinski definition) is 5. The molecule has 5 nitrogen and oxygen atoms in total. The SMILES string of the molecule is CCNC(C)(C)c1nc(-c2cc3ccccc3o2)no1.